The Kier molecular flexibility index (Phi) is 3.58. The summed E-state index contributed by atoms with van der Waals surface area (Å²) in [5.74, 6) is 0. The molecule has 1 aromatic carbocycles. The van der Waals surface area contributed by atoms with E-state index in [9.17, 15) is 0 Å². The van der Waals surface area contributed by atoms with Gasteiger partial charge in [0.05, 0.1) is 5.52 Å². The fraction of sp³-hybridized carbons (Fsp3) is 0.500. The van der Waals surface area contributed by atoms with Gasteiger partial charge in [0, 0.05) is 50.9 Å². The molecule has 3 rings (SSSR count). The van der Waals surface area contributed by atoms with Gasteiger partial charge in [-0.1, -0.05) is 18.2 Å². The zero-order valence-electron chi connectivity index (χ0n) is 11.9. The van der Waals surface area contributed by atoms with E-state index in [2.05, 4.69) is 53.0 Å². The minimum absolute atomic E-state index is 1.04. The summed E-state index contributed by atoms with van der Waals surface area (Å²) >= 11 is 0. The molecule has 102 valence electrons. The van der Waals surface area contributed by atoms with E-state index in [1.807, 2.05) is 0 Å². The van der Waals surface area contributed by atoms with Crippen molar-refractivity contribution >= 4 is 10.9 Å². The van der Waals surface area contributed by atoms with Gasteiger partial charge in [-0.05, 0) is 25.0 Å². The number of aryl methyl sites for hydroxylation is 2. The molecule has 0 bridgehead atoms. The van der Waals surface area contributed by atoms with E-state index in [4.69, 9.17) is 0 Å². The maximum absolute atomic E-state index is 3.42. The first-order valence-corrected chi connectivity index (χ1v) is 7.30. The molecule has 1 N–H and O–H groups in total. The first kappa shape index (κ1) is 12.7. The summed E-state index contributed by atoms with van der Waals surface area (Å²) in [6.45, 7) is 11.1. The molecule has 0 radical (unpaired) electrons. The maximum Gasteiger partial charge on any atom is 0.0528 e. The van der Waals surface area contributed by atoms with Crippen molar-refractivity contribution in [1.29, 1.82) is 0 Å². The lowest BCUT2D eigenvalue weighted by Crippen LogP contribution is -2.42. The minimum Gasteiger partial charge on any atom is -0.347 e. The highest BCUT2D eigenvalue weighted by Gasteiger charge is 2.14. The quantitative estimate of drug-likeness (QED) is 0.911. The molecule has 0 unspecified atom stereocenters. The standard InChI is InChI=1S/C16H23N3/c1-3-19-11-13(2)15-6-4-5-14(16(15)19)12-18-9-7-17-8-10-18/h4-6,11,17H,3,7-10,12H2,1-2H3. The zero-order chi connectivity index (χ0) is 13.2. The van der Waals surface area contributed by atoms with E-state index in [1.54, 1.807) is 0 Å². The van der Waals surface area contributed by atoms with E-state index >= 15 is 0 Å². The summed E-state index contributed by atoms with van der Waals surface area (Å²) in [6.07, 6.45) is 2.28. The molecule has 2 heterocycles. The Labute approximate surface area is 115 Å². The van der Waals surface area contributed by atoms with Gasteiger partial charge in [-0.25, -0.2) is 0 Å². The number of nitrogens with zero attached hydrogens (tertiary/aromatic N) is 2. The number of piperazine rings is 1. The molecule has 1 aliphatic heterocycles. The molecule has 1 aromatic heterocycles. The molecule has 1 aliphatic rings. The highest BCUT2D eigenvalue weighted by atomic mass is 15.2. The van der Waals surface area contributed by atoms with Crippen molar-refractivity contribution in [1.82, 2.24) is 14.8 Å². The van der Waals surface area contributed by atoms with Crippen LogP contribution < -0.4 is 5.32 Å². The van der Waals surface area contributed by atoms with Gasteiger partial charge >= 0.3 is 0 Å². The van der Waals surface area contributed by atoms with Crippen molar-refractivity contribution < 1.29 is 0 Å². The highest BCUT2D eigenvalue weighted by Crippen LogP contribution is 2.25. The second-order valence-corrected chi connectivity index (χ2v) is 5.44. The van der Waals surface area contributed by atoms with Crippen LogP contribution in [-0.2, 0) is 13.1 Å². The Morgan fingerprint density at radius 1 is 1.21 bits per heavy atom. The van der Waals surface area contributed by atoms with Gasteiger partial charge in [0.15, 0.2) is 0 Å². The van der Waals surface area contributed by atoms with Crippen molar-refractivity contribution in [2.45, 2.75) is 26.9 Å². The van der Waals surface area contributed by atoms with E-state index < -0.39 is 0 Å². The molecule has 3 nitrogen and oxygen atoms in total. The van der Waals surface area contributed by atoms with E-state index in [0.29, 0.717) is 0 Å². The van der Waals surface area contributed by atoms with Crippen molar-refractivity contribution in [3.8, 4) is 0 Å². The van der Waals surface area contributed by atoms with Crippen molar-refractivity contribution in [2.24, 2.45) is 0 Å². The number of hydrogen-bond donors (Lipinski definition) is 1. The number of benzene rings is 1. The van der Waals surface area contributed by atoms with Crippen LogP contribution in [0.5, 0.6) is 0 Å². The number of aromatic nitrogens is 1. The maximum atomic E-state index is 3.42. The third-order valence-electron chi connectivity index (χ3n) is 4.13. The number of nitrogens with one attached hydrogen (secondary N) is 1. The van der Waals surface area contributed by atoms with Crippen LogP contribution in [0.1, 0.15) is 18.1 Å². The predicted molar refractivity (Wildman–Crippen MR) is 80.5 cm³/mol. The molecular formula is C16H23N3. The first-order valence-electron chi connectivity index (χ1n) is 7.30. The highest BCUT2D eigenvalue weighted by molar-refractivity contribution is 5.86. The molecule has 1 fully saturated rings. The molecule has 19 heavy (non-hydrogen) atoms. The van der Waals surface area contributed by atoms with Gasteiger partial charge in [0.2, 0.25) is 0 Å². The molecule has 0 amide bonds. The SMILES string of the molecule is CCn1cc(C)c2cccc(CN3CCNCC3)c21. The van der Waals surface area contributed by atoms with Crippen LogP contribution >= 0.6 is 0 Å². The van der Waals surface area contributed by atoms with Gasteiger partial charge < -0.3 is 9.88 Å². The van der Waals surface area contributed by atoms with Gasteiger partial charge in [-0.2, -0.15) is 0 Å². The zero-order valence-corrected chi connectivity index (χ0v) is 11.9. The number of rotatable bonds is 3. The van der Waals surface area contributed by atoms with Crippen LogP contribution in [0.25, 0.3) is 10.9 Å². The van der Waals surface area contributed by atoms with E-state index in [1.165, 1.54) is 22.0 Å². The summed E-state index contributed by atoms with van der Waals surface area (Å²) < 4.78 is 2.39. The molecule has 0 spiro atoms. The average Bonchev–Trinajstić information content (AvgIpc) is 2.78. The lowest BCUT2D eigenvalue weighted by atomic mass is 10.1. The summed E-state index contributed by atoms with van der Waals surface area (Å²) in [4.78, 5) is 2.55. The Morgan fingerprint density at radius 2 is 2.00 bits per heavy atom. The minimum atomic E-state index is 1.04. The molecule has 0 aliphatic carbocycles. The summed E-state index contributed by atoms with van der Waals surface area (Å²) in [5.41, 5.74) is 4.29. The molecule has 1 saturated heterocycles. The monoisotopic (exact) mass is 257 g/mol. The van der Waals surface area contributed by atoms with Crippen molar-refractivity contribution in [3.05, 3.63) is 35.5 Å². The Bertz CT molecular complexity index is 565. The largest absolute Gasteiger partial charge is 0.347 e. The Balaban J connectivity index is 1.97. The second-order valence-electron chi connectivity index (χ2n) is 5.44. The van der Waals surface area contributed by atoms with E-state index in [0.717, 1.165) is 39.3 Å². The Hall–Kier alpha value is -1.32. The van der Waals surface area contributed by atoms with Gasteiger partial charge in [0.1, 0.15) is 0 Å². The molecular weight excluding hydrogens is 234 g/mol. The second kappa shape index (κ2) is 5.35. The van der Waals surface area contributed by atoms with Crippen molar-refractivity contribution in [3.63, 3.8) is 0 Å². The van der Waals surface area contributed by atoms with Crippen LogP contribution in [0.2, 0.25) is 0 Å². The van der Waals surface area contributed by atoms with E-state index in [-0.39, 0.29) is 0 Å². The summed E-state index contributed by atoms with van der Waals surface area (Å²) in [5, 5.41) is 4.83. The summed E-state index contributed by atoms with van der Waals surface area (Å²) in [6, 6.07) is 6.74. The lowest BCUT2D eigenvalue weighted by Gasteiger charge is -2.27. The van der Waals surface area contributed by atoms with Crippen molar-refractivity contribution in [2.75, 3.05) is 26.2 Å². The van der Waals surface area contributed by atoms with Crippen LogP contribution in [0.3, 0.4) is 0 Å². The normalized spacial score (nSPS) is 17.2. The summed E-state index contributed by atoms with van der Waals surface area (Å²) in [7, 11) is 0. The van der Waals surface area contributed by atoms with Gasteiger partial charge in [-0.3, -0.25) is 4.90 Å². The van der Waals surface area contributed by atoms with Gasteiger partial charge in [-0.15, -0.1) is 0 Å². The fourth-order valence-corrected chi connectivity index (χ4v) is 3.10. The lowest BCUT2D eigenvalue weighted by molar-refractivity contribution is 0.234. The van der Waals surface area contributed by atoms with Crippen LogP contribution in [0.4, 0.5) is 0 Å². The third kappa shape index (κ3) is 2.40. The Morgan fingerprint density at radius 3 is 2.74 bits per heavy atom. The van der Waals surface area contributed by atoms with Crippen LogP contribution in [-0.4, -0.2) is 35.6 Å². The van der Waals surface area contributed by atoms with Crippen LogP contribution in [0, 0.1) is 6.92 Å². The molecule has 3 heteroatoms. The van der Waals surface area contributed by atoms with Gasteiger partial charge in [0.25, 0.3) is 0 Å². The number of hydrogen-bond acceptors (Lipinski definition) is 2. The predicted octanol–water partition coefficient (Wildman–Crippen LogP) is 2.37. The number of para-hydroxylation sites is 1. The molecule has 0 saturated carbocycles. The fourth-order valence-electron chi connectivity index (χ4n) is 3.10. The smallest absolute Gasteiger partial charge is 0.0528 e. The molecule has 2 aromatic rings. The topological polar surface area (TPSA) is 20.2 Å². The third-order valence-corrected chi connectivity index (χ3v) is 4.13. The molecule has 0 atom stereocenters. The number of fused-ring (bicyclic) bond motifs is 1. The first-order chi connectivity index (χ1) is 9.29. The average molecular weight is 257 g/mol. The van der Waals surface area contributed by atoms with Crippen LogP contribution in [0.15, 0.2) is 24.4 Å².